The summed E-state index contributed by atoms with van der Waals surface area (Å²) in [6, 6.07) is 2.19. The third-order valence-electron chi connectivity index (χ3n) is 3.20. The van der Waals surface area contributed by atoms with Crippen molar-refractivity contribution in [2.45, 2.75) is 44.9 Å². The van der Waals surface area contributed by atoms with Crippen LogP contribution in [0.1, 0.15) is 55.5 Å². The topological polar surface area (TPSA) is 32.9 Å². The number of unbranched alkanes of at least 4 members (excludes halogenated alkanes) is 1. The van der Waals surface area contributed by atoms with E-state index in [-0.39, 0.29) is 5.92 Å². The molecule has 1 N–H and O–H groups in total. The number of aromatic nitrogens is 1. The minimum absolute atomic E-state index is 0.0945. The molecule has 1 heterocycles. The fourth-order valence-electron chi connectivity index (χ4n) is 2.33. The van der Waals surface area contributed by atoms with Crippen molar-refractivity contribution in [3.05, 3.63) is 29.1 Å². The number of nitrogens with one attached hydrogen (secondary N) is 1. The third kappa shape index (κ3) is 2.26. The van der Waals surface area contributed by atoms with Gasteiger partial charge in [0.1, 0.15) is 6.29 Å². The molecule has 0 saturated heterocycles. The van der Waals surface area contributed by atoms with Gasteiger partial charge in [-0.2, -0.15) is 0 Å². The second-order valence-corrected chi connectivity index (χ2v) is 4.49. The Labute approximate surface area is 96.8 Å². The number of aryl methyl sites for hydroxylation is 1. The summed E-state index contributed by atoms with van der Waals surface area (Å²) in [7, 11) is 0. The van der Waals surface area contributed by atoms with Crippen LogP contribution in [0.4, 0.5) is 0 Å². The van der Waals surface area contributed by atoms with Gasteiger partial charge in [-0.3, -0.25) is 0 Å². The molecule has 0 bridgehead atoms. The maximum atomic E-state index is 11.0. The molecule has 86 valence electrons. The predicted molar refractivity (Wildman–Crippen MR) is 66.5 cm³/mol. The lowest BCUT2D eigenvalue weighted by Crippen LogP contribution is -2.09. The average molecular weight is 217 g/mol. The van der Waals surface area contributed by atoms with E-state index in [0.29, 0.717) is 0 Å². The Balaban J connectivity index is 2.18. The Morgan fingerprint density at radius 3 is 3.19 bits per heavy atom. The number of aromatic amines is 1. The molecule has 0 saturated carbocycles. The number of carbonyl (C=O) groups is 1. The zero-order valence-electron chi connectivity index (χ0n) is 9.83. The number of rotatable bonds is 4. The highest BCUT2D eigenvalue weighted by Crippen LogP contribution is 2.30. The molecule has 0 aliphatic heterocycles. The Morgan fingerprint density at radius 2 is 2.44 bits per heavy atom. The Hall–Kier alpha value is -1.31. The molecule has 16 heavy (non-hydrogen) atoms. The highest BCUT2D eigenvalue weighted by atomic mass is 16.1. The van der Waals surface area contributed by atoms with Crippen LogP contribution in [-0.4, -0.2) is 11.3 Å². The molecule has 1 aromatic rings. The van der Waals surface area contributed by atoms with Gasteiger partial charge in [0.25, 0.3) is 0 Å². The zero-order chi connectivity index (χ0) is 11.4. The van der Waals surface area contributed by atoms with E-state index in [0.717, 1.165) is 43.4 Å². The maximum Gasteiger partial charge on any atom is 0.128 e. The number of carbonyl (C=O) groups excluding carboxylic acids is 1. The highest BCUT2D eigenvalue weighted by molar-refractivity contribution is 5.64. The number of hydrogen-bond donors (Lipinski definition) is 1. The van der Waals surface area contributed by atoms with E-state index in [1.807, 2.05) is 0 Å². The van der Waals surface area contributed by atoms with E-state index in [9.17, 15) is 4.79 Å². The maximum absolute atomic E-state index is 11.0. The van der Waals surface area contributed by atoms with Crippen LogP contribution in [-0.2, 0) is 11.2 Å². The van der Waals surface area contributed by atoms with E-state index >= 15 is 0 Å². The molecular formula is C14H19NO. The van der Waals surface area contributed by atoms with Crippen LogP contribution in [0.5, 0.6) is 0 Å². The summed E-state index contributed by atoms with van der Waals surface area (Å²) in [4.78, 5) is 14.3. The number of allylic oxidation sites excluding steroid dienone is 1. The van der Waals surface area contributed by atoms with Crippen molar-refractivity contribution in [2.75, 3.05) is 0 Å². The van der Waals surface area contributed by atoms with Gasteiger partial charge in [-0.05, 0) is 43.4 Å². The predicted octanol–water partition coefficient (Wildman–Crippen LogP) is 3.45. The van der Waals surface area contributed by atoms with Gasteiger partial charge in [0.15, 0.2) is 0 Å². The van der Waals surface area contributed by atoms with Gasteiger partial charge >= 0.3 is 0 Å². The first kappa shape index (κ1) is 11.2. The summed E-state index contributed by atoms with van der Waals surface area (Å²) in [5.41, 5.74) is 3.63. The van der Waals surface area contributed by atoms with Crippen LogP contribution in [0.2, 0.25) is 0 Å². The van der Waals surface area contributed by atoms with Gasteiger partial charge in [-0.1, -0.05) is 19.4 Å². The second kappa shape index (κ2) is 5.15. The quantitative estimate of drug-likeness (QED) is 0.770. The molecule has 0 spiro atoms. The van der Waals surface area contributed by atoms with E-state index in [2.05, 4.69) is 30.1 Å². The summed E-state index contributed by atoms with van der Waals surface area (Å²) >= 11 is 0. The summed E-state index contributed by atoms with van der Waals surface area (Å²) < 4.78 is 0. The zero-order valence-corrected chi connectivity index (χ0v) is 9.83. The minimum atomic E-state index is 0.0945. The van der Waals surface area contributed by atoms with Crippen LogP contribution >= 0.6 is 0 Å². The summed E-state index contributed by atoms with van der Waals surface area (Å²) in [5, 5.41) is 0. The Bertz CT molecular complexity index is 389. The molecule has 1 aliphatic rings. The molecule has 0 radical (unpaired) electrons. The van der Waals surface area contributed by atoms with Gasteiger partial charge < -0.3 is 9.78 Å². The van der Waals surface area contributed by atoms with E-state index in [1.165, 1.54) is 12.0 Å². The Kier molecular flexibility index (Phi) is 3.60. The third-order valence-corrected chi connectivity index (χ3v) is 3.20. The monoisotopic (exact) mass is 217 g/mol. The summed E-state index contributed by atoms with van der Waals surface area (Å²) in [6.07, 6.45) is 10.9. The SMILES string of the molecule is CCC/C=C\c1cc2c([nH]1)[C@@H](C=O)CCC2. The van der Waals surface area contributed by atoms with Crippen LogP contribution in [0.15, 0.2) is 12.1 Å². The van der Waals surface area contributed by atoms with Gasteiger partial charge in [-0.15, -0.1) is 0 Å². The van der Waals surface area contributed by atoms with Crippen molar-refractivity contribution in [1.82, 2.24) is 4.98 Å². The lowest BCUT2D eigenvalue weighted by Gasteiger charge is -2.16. The van der Waals surface area contributed by atoms with Crippen LogP contribution in [0, 0.1) is 0 Å². The van der Waals surface area contributed by atoms with Crippen LogP contribution in [0.25, 0.3) is 6.08 Å². The molecule has 2 rings (SSSR count). The number of aldehydes is 1. The smallest absolute Gasteiger partial charge is 0.128 e. The summed E-state index contributed by atoms with van der Waals surface area (Å²) in [6.45, 7) is 2.17. The largest absolute Gasteiger partial charge is 0.358 e. The van der Waals surface area contributed by atoms with Crippen molar-refractivity contribution in [2.24, 2.45) is 0 Å². The normalized spacial score (nSPS) is 19.9. The average Bonchev–Trinajstić information content (AvgIpc) is 2.71. The van der Waals surface area contributed by atoms with Gasteiger partial charge in [0.2, 0.25) is 0 Å². The van der Waals surface area contributed by atoms with Crippen molar-refractivity contribution in [3.8, 4) is 0 Å². The Morgan fingerprint density at radius 1 is 1.56 bits per heavy atom. The van der Waals surface area contributed by atoms with Crippen LogP contribution < -0.4 is 0 Å². The molecule has 1 atom stereocenters. The molecule has 2 nitrogen and oxygen atoms in total. The lowest BCUT2D eigenvalue weighted by molar-refractivity contribution is -0.109. The van der Waals surface area contributed by atoms with Gasteiger partial charge in [0, 0.05) is 11.4 Å². The molecular weight excluding hydrogens is 198 g/mol. The van der Waals surface area contributed by atoms with Crippen molar-refractivity contribution < 1.29 is 4.79 Å². The van der Waals surface area contributed by atoms with E-state index in [1.54, 1.807) is 0 Å². The molecule has 2 heteroatoms. The fraction of sp³-hybridized carbons (Fsp3) is 0.500. The minimum Gasteiger partial charge on any atom is -0.358 e. The first-order chi connectivity index (χ1) is 7.85. The molecule has 0 fully saturated rings. The summed E-state index contributed by atoms with van der Waals surface area (Å²) in [5.74, 6) is 0.0945. The lowest BCUT2D eigenvalue weighted by atomic mass is 9.89. The number of fused-ring (bicyclic) bond motifs is 1. The molecule has 1 aliphatic carbocycles. The molecule has 0 amide bonds. The van der Waals surface area contributed by atoms with E-state index in [4.69, 9.17) is 0 Å². The van der Waals surface area contributed by atoms with Crippen LogP contribution in [0.3, 0.4) is 0 Å². The van der Waals surface area contributed by atoms with Gasteiger partial charge in [0.05, 0.1) is 5.92 Å². The van der Waals surface area contributed by atoms with Crippen molar-refractivity contribution >= 4 is 12.4 Å². The van der Waals surface area contributed by atoms with Crippen molar-refractivity contribution in [3.63, 3.8) is 0 Å². The molecule has 0 unspecified atom stereocenters. The standard InChI is InChI=1S/C14H19NO/c1-2-3-4-8-13-9-11-6-5-7-12(10-16)14(11)15-13/h4,8-10,12,15H,2-3,5-7H2,1H3/b8-4-/t12-/m1/s1. The molecule has 0 aromatic carbocycles. The van der Waals surface area contributed by atoms with E-state index < -0.39 is 0 Å². The number of H-pyrrole nitrogens is 1. The fourth-order valence-corrected chi connectivity index (χ4v) is 2.33. The van der Waals surface area contributed by atoms with Gasteiger partial charge in [-0.25, -0.2) is 0 Å². The first-order valence-electron chi connectivity index (χ1n) is 6.18. The second-order valence-electron chi connectivity index (χ2n) is 4.49. The van der Waals surface area contributed by atoms with Crippen molar-refractivity contribution in [1.29, 1.82) is 0 Å². The first-order valence-corrected chi connectivity index (χ1v) is 6.18. The molecule has 1 aromatic heterocycles. The number of hydrogen-bond acceptors (Lipinski definition) is 1. The highest BCUT2D eigenvalue weighted by Gasteiger charge is 2.21.